The lowest BCUT2D eigenvalue weighted by Crippen LogP contribution is -2.41. The number of ether oxygens (including phenoxy) is 1. The molecule has 0 bridgehead atoms. The van der Waals surface area contributed by atoms with Gasteiger partial charge in [-0.05, 0) is 54.1 Å². The summed E-state index contributed by atoms with van der Waals surface area (Å²) in [6.07, 6.45) is 2.87. The summed E-state index contributed by atoms with van der Waals surface area (Å²) in [4.78, 5) is 4.22. The highest BCUT2D eigenvalue weighted by molar-refractivity contribution is 7.98. The number of rotatable bonds is 17. The van der Waals surface area contributed by atoms with Crippen LogP contribution in [0.2, 0.25) is 5.02 Å². The van der Waals surface area contributed by atoms with Crippen LogP contribution in [0.25, 0.3) is 5.69 Å². The lowest BCUT2D eigenvalue weighted by atomic mass is 9.81. The number of methoxy groups -OCH3 is 1. The summed E-state index contributed by atoms with van der Waals surface area (Å²) >= 11 is 7.39. The van der Waals surface area contributed by atoms with Gasteiger partial charge >= 0.3 is 0 Å². The van der Waals surface area contributed by atoms with Crippen LogP contribution in [0.5, 0.6) is 5.75 Å². The maximum atomic E-state index is 15.8. The van der Waals surface area contributed by atoms with Gasteiger partial charge in [0.2, 0.25) is 10.0 Å². The number of nitrogens with zero attached hydrogens (tertiary/aromatic N) is 5. The second kappa shape index (κ2) is 17.6. The van der Waals surface area contributed by atoms with Crippen LogP contribution < -0.4 is 4.74 Å². The third kappa shape index (κ3) is 11.2. The van der Waals surface area contributed by atoms with Crippen molar-refractivity contribution in [3.05, 3.63) is 100 Å². The molecular formula is C39H55ClF3N5O3S2+2. The fourth-order valence-electron chi connectivity index (χ4n) is 5.86. The molecule has 0 aliphatic rings. The smallest absolute Gasteiger partial charge is 0.243 e. The van der Waals surface area contributed by atoms with Crippen LogP contribution >= 0.6 is 23.4 Å². The highest BCUT2D eigenvalue weighted by Gasteiger charge is 2.32. The molecule has 0 spiro atoms. The zero-order valence-corrected chi connectivity index (χ0v) is 33.9. The Labute approximate surface area is 323 Å². The lowest BCUT2D eigenvalue weighted by molar-refractivity contribution is -0.870. The number of aromatic nitrogens is 2. The van der Waals surface area contributed by atoms with Crippen molar-refractivity contribution >= 4 is 33.4 Å². The molecular weight excluding hydrogens is 743 g/mol. The van der Waals surface area contributed by atoms with Crippen molar-refractivity contribution in [2.45, 2.75) is 55.3 Å². The first-order chi connectivity index (χ1) is 24.1. The topological polar surface area (TPSA) is 64.4 Å². The summed E-state index contributed by atoms with van der Waals surface area (Å²) in [6, 6.07) is 13.2. The number of imidazole rings is 1. The SMILES string of the molecule is C.COc1cc(C(C)(C)c2cnc(SCc3c(F)cc(S(=O)(=O)N(CCC[N+](C)(C)C)CCC[N+](C)(C)C)cc3F)n2-c2ccc(F)cc2)ccc1Cl. The van der Waals surface area contributed by atoms with E-state index in [1.807, 2.05) is 72.8 Å². The molecule has 0 fully saturated rings. The summed E-state index contributed by atoms with van der Waals surface area (Å²) in [7, 11) is 9.52. The van der Waals surface area contributed by atoms with E-state index in [0.717, 1.165) is 48.2 Å². The Kier molecular flexibility index (Phi) is 14.7. The molecule has 0 aliphatic carbocycles. The molecule has 0 saturated heterocycles. The molecule has 0 amide bonds. The monoisotopic (exact) mass is 797 g/mol. The molecule has 14 heteroatoms. The van der Waals surface area contributed by atoms with Gasteiger partial charge in [-0.3, -0.25) is 4.57 Å². The second-order valence-electron chi connectivity index (χ2n) is 15.5. The predicted octanol–water partition coefficient (Wildman–Crippen LogP) is 8.39. The summed E-state index contributed by atoms with van der Waals surface area (Å²) in [5.74, 6) is -2.01. The largest absolute Gasteiger partial charge is 0.495 e. The lowest BCUT2D eigenvalue weighted by Gasteiger charge is -2.28. The van der Waals surface area contributed by atoms with Crippen LogP contribution in [-0.4, -0.2) is 107 Å². The Morgan fingerprint density at radius 3 is 1.94 bits per heavy atom. The molecule has 4 aromatic rings. The fraction of sp³-hybridized carbons (Fsp3) is 0.462. The van der Waals surface area contributed by atoms with Gasteiger partial charge < -0.3 is 13.7 Å². The minimum absolute atomic E-state index is 0. The predicted molar refractivity (Wildman–Crippen MR) is 210 cm³/mol. The van der Waals surface area contributed by atoms with Crippen LogP contribution in [0.1, 0.15) is 50.9 Å². The van der Waals surface area contributed by atoms with Gasteiger partial charge in [0.25, 0.3) is 0 Å². The Morgan fingerprint density at radius 1 is 0.887 bits per heavy atom. The van der Waals surface area contributed by atoms with Crippen molar-refractivity contribution in [2.75, 3.05) is 75.6 Å². The maximum absolute atomic E-state index is 15.8. The van der Waals surface area contributed by atoms with Crippen LogP contribution in [0.3, 0.4) is 0 Å². The average molecular weight is 798 g/mol. The summed E-state index contributed by atoms with van der Waals surface area (Å²) in [5.41, 5.74) is 1.25. The van der Waals surface area contributed by atoms with Crippen LogP contribution in [0, 0.1) is 17.5 Å². The van der Waals surface area contributed by atoms with E-state index in [-0.39, 0.29) is 31.8 Å². The number of halogens is 4. The number of benzene rings is 3. The molecule has 8 nitrogen and oxygen atoms in total. The molecule has 0 atom stereocenters. The minimum atomic E-state index is -4.19. The van der Waals surface area contributed by atoms with Crippen molar-refractivity contribution in [3.63, 3.8) is 0 Å². The van der Waals surface area contributed by atoms with Gasteiger partial charge in [-0.2, -0.15) is 4.31 Å². The molecule has 3 aromatic carbocycles. The van der Waals surface area contributed by atoms with Gasteiger partial charge in [0.15, 0.2) is 5.16 Å². The Hall–Kier alpha value is -3.07. The molecule has 4 rings (SSSR count). The van der Waals surface area contributed by atoms with Gasteiger partial charge in [0.05, 0.1) is 84.3 Å². The van der Waals surface area contributed by atoms with Crippen molar-refractivity contribution in [3.8, 4) is 11.4 Å². The van der Waals surface area contributed by atoms with E-state index in [0.29, 0.717) is 43.4 Å². The summed E-state index contributed by atoms with van der Waals surface area (Å²) in [6.45, 7) is 5.94. The van der Waals surface area contributed by atoms with Gasteiger partial charge in [-0.15, -0.1) is 0 Å². The van der Waals surface area contributed by atoms with E-state index in [1.54, 1.807) is 24.4 Å². The highest BCUT2D eigenvalue weighted by Crippen LogP contribution is 2.39. The number of thioether (sulfide) groups is 1. The molecule has 0 unspecified atom stereocenters. The maximum Gasteiger partial charge on any atom is 0.243 e. The van der Waals surface area contributed by atoms with E-state index in [2.05, 4.69) is 4.98 Å². The molecule has 1 heterocycles. The first-order valence-electron chi connectivity index (χ1n) is 17.0. The summed E-state index contributed by atoms with van der Waals surface area (Å²) in [5, 5.41) is 0.868. The Bertz CT molecular complexity index is 1920. The third-order valence-electron chi connectivity index (χ3n) is 8.90. The number of hydrogen-bond donors (Lipinski definition) is 0. The van der Waals surface area contributed by atoms with Crippen molar-refractivity contribution < 1.29 is 35.3 Å². The van der Waals surface area contributed by atoms with Gasteiger partial charge in [-0.25, -0.2) is 26.6 Å². The van der Waals surface area contributed by atoms with Gasteiger partial charge in [0, 0.05) is 48.3 Å². The van der Waals surface area contributed by atoms with Gasteiger partial charge in [0.1, 0.15) is 23.2 Å². The Balaban J connectivity index is 0.00000756. The fourth-order valence-corrected chi connectivity index (χ4v) is 8.61. The van der Waals surface area contributed by atoms with E-state index < -0.39 is 37.8 Å². The summed E-state index contributed by atoms with van der Waals surface area (Å²) < 4.78 is 83.2. The minimum Gasteiger partial charge on any atom is -0.495 e. The zero-order chi connectivity index (χ0) is 38.6. The van der Waals surface area contributed by atoms with E-state index >= 15 is 8.78 Å². The molecule has 292 valence electrons. The van der Waals surface area contributed by atoms with Crippen molar-refractivity contribution in [2.24, 2.45) is 0 Å². The molecule has 0 saturated carbocycles. The second-order valence-corrected chi connectivity index (χ2v) is 18.8. The van der Waals surface area contributed by atoms with Crippen LogP contribution in [0.15, 0.2) is 70.8 Å². The standard InChI is InChI=1S/C38H51ClF3N5O3S2.CH4/c1-38(2,27-12-17-32(39)35(22-27)50-9)36-25-43-37(45(36)29-15-13-28(40)14-16-29)51-26-31-33(41)23-30(24-34(31)42)52(48,49)44(18-10-20-46(3,4)5)19-11-21-47(6,7)8;/h12-17,22-25H,10-11,18-21,26H2,1-9H3;1H4/q+2;. The van der Waals surface area contributed by atoms with E-state index in [4.69, 9.17) is 16.3 Å². The zero-order valence-electron chi connectivity index (χ0n) is 31.5. The number of quaternary nitrogens is 2. The van der Waals surface area contributed by atoms with Gasteiger partial charge in [-0.1, -0.05) is 50.7 Å². The molecule has 53 heavy (non-hydrogen) atoms. The highest BCUT2D eigenvalue weighted by atomic mass is 35.5. The quantitative estimate of drug-likeness (QED) is 0.0794. The van der Waals surface area contributed by atoms with Crippen molar-refractivity contribution in [1.82, 2.24) is 13.9 Å². The van der Waals surface area contributed by atoms with Crippen molar-refractivity contribution in [1.29, 1.82) is 0 Å². The average Bonchev–Trinajstić information content (AvgIpc) is 3.47. The number of hydrogen-bond acceptors (Lipinski definition) is 5. The molecule has 0 N–H and O–H groups in total. The molecule has 1 aromatic heterocycles. The first-order valence-corrected chi connectivity index (χ1v) is 19.8. The molecule has 0 aliphatic heterocycles. The van der Waals surface area contributed by atoms with E-state index in [9.17, 15) is 12.8 Å². The van der Waals surface area contributed by atoms with Crippen LogP contribution in [0.4, 0.5) is 13.2 Å². The van der Waals surface area contributed by atoms with E-state index in [1.165, 1.54) is 23.5 Å². The number of sulfonamides is 1. The molecule has 0 radical (unpaired) electrons. The third-order valence-corrected chi connectivity index (χ3v) is 12.1. The normalized spacial score (nSPS) is 12.6. The Morgan fingerprint density at radius 2 is 1.43 bits per heavy atom. The first kappa shape index (κ1) is 44.3. The van der Waals surface area contributed by atoms with Crippen LogP contribution in [-0.2, 0) is 21.2 Å².